The number of fused-ring (bicyclic) bond motifs is 1. The molecule has 0 bridgehead atoms. The summed E-state index contributed by atoms with van der Waals surface area (Å²) in [5.74, 6) is 0. The highest BCUT2D eigenvalue weighted by molar-refractivity contribution is 7.22. The lowest BCUT2D eigenvalue weighted by atomic mass is 10.3. The SMILES string of the molecule is CCNc1nc2cc([N+](=O)[O-])ccc2s1. The van der Waals surface area contributed by atoms with Crippen molar-refractivity contribution >= 4 is 32.4 Å². The Morgan fingerprint density at radius 2 is 2.40 bits per heavy atom. The zero-order valence-electron chi connectivity index (χ0n) is 8.06. The lowest BCUT2D eigenvalue weighted by molar-refractivity contribution is -0.384. The third kappa shape index (κ3) is 1.89. The van der Waals surface area contributed by atoms with E-state index in [0.29, 0.717) is 5.52 Å². The van der Waals surface area contributed by atoms with Gasteiger partial charge in [-0.15, -0.1) is 0 Å². The van der Waals surface area contributed by atoms with E-state index in [9.17, 15) is 10.1 Å². The van der Waals surface area contributed by atoms with E-state index < -0.39 is 4.92 Å². The summed E-state index contributed by atoms with van der Waals surface area (Å²) >= 11 is 1.50. The van der Waals surface area contributed by atoms with Gasteiger partial charge in [-0.2, -0.15) is 0 Å². The van der Waals surface area contributed by atoms with E-state index in [2.05, 4.69) is 10.3 Å². The molecule has 0 saturated carbocycles. The van der Waals surface area contributed by atoms with E-state index in [1.807, 2.05) is 6.92 Å². The maximum atomic E-state index is 10.5. The van der Waals surface area contributed by atoms with Crippen molar-refractivity contribution in [2.75, 3.05) is 11.9 Å². The number of thiazole rings is 1. The van der Waals surface area contributed by atoms with Gasteiger partial charge in [0.25, 0.3) is 5.69 Å². The number of nitrogens with zero attached hydrogens (tertiary/aromatic N) is 2. The Bertz CT molecular complexity index is 509. The van der Waals surface area contributed by atoms with Gasteiger partial charge in [0.15, 0.2) is 5.13 Å². The minimum Gasteiger partial charge on any atom is -0.362 e. The van der Waals surface area contributed by atoms with E-state index in [-0.39, 0.29) is 5.69 Å². The molecule has 2 rings (SSSR count). The first kappa shape index (κ1) is 9.85. The van der Waals surface area contributed by atoms with E-state index in [1.54, 1.807) is 6.07 Å². The molecule has 0 saturated heterocycles. The minimum atomic E-state index is -0.411. The number of anilines is 1. The van der Waals surface area contributed by atoms with Crippen LogP contribution >= 0.6 is 11.3 Å². The van der Waals surface area contributed by atoms with Gasteiger partial charge in [-0.25, -0.2) is 4.98 Å². The lowest BCUT2D eigenvalue weighted by Gasteiger charge is -1.92. The molecule has 1 N–H and O–H groups in total. The van der Waals surface area contributed by atoms with E-state index >= 15 is 0 Å². The highest BCUT2D eigenvalue weighted by atomic mass is 32.1. The van der Waals surface area contributed by atoms with Crippen LogP contribution in [0.3, 0.4) is 0 Å². The fourth-order valence-corrected chi connectivity index (χ4v) is 2.17. The molecule has 0 aliphatic heterocycles. The summed E-state index contributed by atoms with van der Waals surface area (Å²) < 4.78 is 0.955. The molecule has 1 aromatic heterocycles. The van der Waals surface area contributed by atoms with Crippen LogP contribution in [0.2, 0.25) is 0 Å². The molecule has 0 radical (unpaired) electrons. The number of non-ortho nitro benzene ring substituents is 1. The maximum Gasteiger partial charge on any atom is 0.271 e. The Hall–Kier alpha value is -1.69. The van der Waals surface area contributed by atoms with Crippen LogP contribution in [-0.4, -0.2) is 16.5 Å². The number of aromatic nitrogens is 1. The van der Waals surface area contributed by atoms with Gasteiger partial charge in [0.2, 0.25) is 0 Å². The van der Waals surface area contributed by atoms with Gasteiger partial charge < -0.3 is 5.32 Å². The van der Waals surface area contributed by atoms with Gasteiger partial charge in [0, 0.05) is 18.7 Å². The lowest BCUT2D eigenvalue weighted by Crippen LogP contribution is -1.94. The predicted octanol–water partition coefficient (Wildman–Crippen LogP) is 2.64. The van der Waals surface area contributed by atoms with Crippen molar-refractivity contribution in [1.29, 1.82) is 0 Å². The Balaban J connectivity index is 2.47. The fourth-order valence-electron chi connectivity index (χ4n) is 1.26. The average molecular weight is 223 g/mol. The average Bonchev–Trinajstić information content (AvgIpc) is 2.59. The number of nitro benzene ring substituents is 1. The van der Waals surface area contributed by atoms with Crippen molar-refractivity contribution in [2.45, 2.75) is 6.92 Å². The number of nitro groups is 1. The smallest absolute Gasteiger partial charge is 0.271 e. The molecule has 2 aromatic rings. The molecule has 0 amide bonds. The summed E-state index contributed by atoms with van der Waals surface area (Å²) in [5, 5.41) is 14.4. The van der Waals surface area contributed by atoms with Crippen molar-refractivity contribution in [2.24, 2.45) is 0 Å². The van der Waals surface area contributed by atoms with Gasteiger partial charge in [-0.3, -0.25) is 10.1 Å². The molecule has 0 aliphatic carbocycles. The molecular formula is C9H9N3O2S. The number of hydrogen-bond acceptors (Lipinski definition) is 5. The van der Waals surface area contributed by atoms with Gasteiger partial charge >= 0.3 is 0 Å². The second-order valence-corrected chi connectivity index (χ2v) is 3.99. The predicted molar refractivity (Wildman–Crippen MR) is 60.4 cm³/mol. The first-order valence-corrected chi connectivity index (χ1v) is 5.31. The van der Waals surface area contributed by atoms with Crippen molar-refractivity contribution in [3.8, 4) is 0 Å². The fraction of sp³-hybridized carbons (Fsp3) is 0.222. The highest BCUT2D eigenvalue weighted by Crippen LogP contribution is 2.28. The van der Waals surface area contributed by atoms with Gasteiger partial charge in [0.1, 0.15) is 0 Å². The third-order valence-electron chi connectivity index (χ3n) is 1.91. The second-order valence-electron chi connectivity index (χ2n) is 2.96. The maximum absolute atomic E-state index is 10.5. The van der Waals surface area contributed by atoms with Crippen LogP contribution < -0.4 is 5.32 Å². The van der Waals surface area contributed by atoms with E-state index in [0.717, 1.165) is 16.4 Å². The van der Waals surface area contributed by atoms with Crippen LogP contribution in [-0.2, 0) is 0 Å². The van der Waals surface area contributed by atoms with E-state index in [4.69, 9.17) is 0 Å². The van der Waals surface area contributed by atoms with Crippen molar-refractivity contribution in [1.82, 2.24) is 4.98 Å². The highest BCUT2D eigenvalue weighted by Gasteiger charge is 2.09. The van der Waals surface area contributed by atoms with Crippen molar-refractivity contribution in [3.63, 3.8) is 0 Å². The van der Waals surface area contributed by atoms with Gasteiger partial charge in [-0.1, -0.05) is 11.3 Å². The molecule has 0 spiro atoms. The topological polar surface area (TPSA) is 68.1 Å². The summed E-state index contributed by atoms with van der Waals surface area (Å²) in [4.78, 5) is 14.4. The Morgan fingerprint density at radius 3 is 3.07 bits per heavy atom. The number of hydrogen-bond donors (Lipinski definition) is 1. The largest absolute Gasteiger partial charge is 0.362 e. The molecule has 78 valence electrons. The van der Waals surface area contributed by atoms with Crippen molar-refractivity contribution in [3.05, 3.63) is 28.3 Å². The molecule has 5 nitrogen and oxygen atoms in total. The van der Waals surface area contributed by atoms with Crippen LogP contribution in [0.25, 0.3) is 10.2 Å². The first-order valence-electron chi connectivity index (χ1n) is 4.49. The Morgan fingerprint density at radius 1 is 1.60 bits per heavy atom. The van der Waals surface area contributed by atoms with Crippen LogP contribution in [0.5, 0.6) is 0 Å². The number of nitrogens with one attached hydrogen (secondary N) is 1. The second kappa shape index (κ2) is 3.82. The molecule has 15 heavy (non-hydrogen) atoms. The van der Waals surface area contributed by atoms with Gasteiger partial charge in [-0.05, 0) is 13.0 Å². The first-order chi connectivity index (χ1) is 7.20. The summed E-state index contributed by atoms with van der Waals surface area (Å²) in [6.07, 6.45) is 0. The number of benzene rings is 1. The molecular weight excluding hydrogens is 214 g/mol. The molecule has 1 heterocycles. The standard InChI is InChI=1S/C9H9N3O2S/c1-2-10-9-11-7-5-6(12(13)14)3-4-8(7)15-9/h3-5H,2H2,1H3,(H,10,11). The zero-order chi connectivity index (χ0) is 10.8. The van der Waals surface area contributed by atoms with Crippen LogP contribution in [0.1, 0.15) is 6.92 Å². The molecule has 0 atom stereocenters. The third-order valence-corrected chi connectivity index (χ3v) is 2.90. The van der Waals surface area contributed by atoms with Crippen LogP contribution in [0.15, 0.2) is 18.2 Å². The Labute approximate surface area is 89.9 Å². The normalized spacial score (nSPS) is 10.5. The van der Waals surface area contributed by atoms with Crippen LogP contribution in [0.4, 0.5) is 10.8 Å². The molecule has 0 aliphatic rings. The summed E-state index contributed by atoms with van der Waals surface area (Å²) in [5.41, 5.74) is 0.751. The summed E-state index contributed by atoms with van der Waals surface area (Å²) in [6.45, 7) is 2.77. The van der Waals surface area contributed by atoms with Crippen molar-refractivity contribution < 1.29 is 4.92 Å². The molecule has 6 heteroatoms. The minimum absolute atomic E-state index is 0.0795. The Kier molecular flexibility index (Phi) is 2.51. The van der Waals surface area contributed by atoms with Crippen LogP contribution in [0, 0.1) is 10.1 Å². The quantitative estimate of drug-likeness (QED) is 0.641. The monoisotopic (exact) mass is 223 g/mol. The molecule has 0 fully saturated rings. The molecule has 1 aromatic carbocycles. The summed E-state index contributed by atoms with van der Waals surface area (Å²) in [7, 11) is 0. The summed E-state index contributed by atoms with van der Waals surface area (Å²) in [6, 6.07) is 4.72. The number of rotatable bonds is 3. The van der Waals surface area contributed by atoms with E-state index in [1.165, 1.54) is 23.5 Å². The van der Waals surface area contributed by atoms with Gasteiger partial charge in [0.05, 0.1) is 15.1 Å². The molecule has 0 unspecified atom stereocenters. The zero-order valence-corrected chi connectivity index (χ0v) is 8.87.